The summed E-state index contributed by atoms with van der Waals surface area (Å²) in [6, 6.07) is 6.56. The van der Waals surface area contributed by atoms with Gasteiger partial charge in [-0.05, 0) is 25.6 Å². The van der Waals surface area contributed by atoms with Crippen LogP contribution in [-0.2, 0) is 0 Å². The van der Waals surface area contributed by atoms with E-state index in [4.69, 9.17) is 9.15 Å². The van der Waals surface area contributed by atoms with Gasteiger partial charge in [0.15, 0.2) is 0 Å². The van der Waals surface area contributed by atoms with Crippen LogP contribution >= 0.6 is 0 Å². The van der Waals surface area contributed by atoms with Gasteiger partial charge < -0.3 is 14.5 Å². The number of methoxy groups -OCH3 is 1. The maximum Gasteiger partial charge on any atom is 0.132 e. The van der Waals surface area contributed by atoms with E-state index in [1.165, 1.54) is 13.2 Å². The lowest BCUT2D eigenvalue weighted by atomic mass is 9.98. The molecular weight excluding hydrogens is 245 g/mol. The molecule has 1 aromatic heterocycles. The maximum atomic E-state index is 14.2. The van der Waals surface area contributed by atoms with Gasteiger partial charge in [-0.25, -0.2) is 4.39 Å². The van der Waals surface area contributed by atoms with Crippen molar-refractivity contribution in [3.63, 3.8) is 0 Å². The van der Waals surface area contributed by atoms with Crippen molar-refractivity contribution in [1.82, 2.24) is 5.32 Å². The molecule has 1 aromatic carbocycles. The minimum absolute atomic E-state index is 0.213. The molecule has 0 radical (unpaired) electrons. The Hall–Kier alpha value is -1.81. The van der Waals surface area contributed by atoms with Crippen LogP contribution in [0.3, 0.4) is 0 Å². The molecule has 0 aliphatic rings. The summed E-state index contributed by atoms with van der Waals surface area (Å²) in [4.78, 5) is 0. The second-order valence-corrected chi connectivity index (χ2v) is 4.31. The normalized spacial score (nSPS) is 12.4. The topological polar surface area (TPSA) is 34.4 Å². The third-order valence-electron chi connectivity index (χ3n) is 3.14. The Balaban J connectivity index is 2.42. The Kier molecular flexibility index (Phi) is 4.22. The van der Waals surface area contributed by atoms with Crippen molar-refractivity contribution in [2.24, 2.45) is 0 Å². The van der Waals surface area contributed by atoms with E-state index < -0.39 is 0 Å². The summed E-state index contributed by atoms with van der Waals surface area (Å²) >= 11 is 0. The molecule has 0 aliphatic heterocycles. The van der Waals surface area contributed by atoms with Crippen LogP contribution in [0.15, 0.2) is 34.9 Å². The first-order valence-electron chi connectivity index (χ1n) is 6.28. The lowest BCUT2D eigenvalue weighted by molar-refractivity contribution is 0.410. The quantitative estimate of drug-likeness (QED) is 0.897. The van der Waals surface area contributed by atoms with Gasteiger partial charge in [0.1, 0.15) is 17.3 Å². The van der Waals surface area contributed by atoms with Crippen LogP contribution in [0.1, 0.15) is 29.9 Å². The molecule has 0 spiro atoms. The summed E-state index contributed by atoms with van der Waals surface area (Å²) < 4.78 is 24.5. The summed E-state index contributed by atoms with van der Waals surface area (Å²) in [7, 11) is 1.52. The van der Waals surface area contributed by atoms with Gasteiger partial charge in [-0.3, -0.25) is 0 Å². The van der Waals surface area contributed by atoms with Crippen LogP contribution in [0, 0.1) is 12.7 Å². The number of ether oxygens (including phenoxy) is 1. The Morgan fingerprint density at radius 3 is 2.63 bits per heavy atom. The lowest BCUT2D eigenvalue weighted by Crippen LogP contribution is -2.23. The lowest BCUT2D eigenvalue weighted by Gasteiger charge is -2.19. The zero-order valence-corrected chi connectivity index (χ0v) is 11.4. The number of nitrogens with one attached hydrogen (secondary N) is 1. The molecule has 1 atom stereocenters. The Labute approximate surface area is 112 Å². The first-order chi connectivity index (χ1) is 9.17. The molecule has 0 saturated heterocycles. The second kappa shape index (κ2) is 5.89. The van der Waals surface area contributed by atoms with Crippen LogP contribution in [0.4, 0.5) is 4.39 Å². The molecule has 102 valence electrons. The molecule has 3 nitrogen and oxygen atoms in total. The van der Waals surface area contributed by atoms with Crippen LogP contribution < -0.4 is 10.1 Å². The predicted octanol–water partition coefficient (Wildman–Crippen LogP) is 3.43. The smallest absolute Gasteiger partial charge is 0.132 e. The van der Waals surface area contributed by atoms with Gasteiger partial charge >= 0.3 is 0 Å². The fourth-order valence-corrected chi connectivity index (χ4v) is 2.15. The van der Waals surface area contributed by atoms with Crippen LogP contribution in [0.25, 0.3) is 0 Å². The van der Waals surface area contributed by atoms with Crippen LogP contribution in [0.5, 0.6) is 5.75 Å². The third kappa shape index (κ3) is 2.79. The standard InChI is InChI=1S/C15H18FNO2/c1-4-17-15(12-7-8-19-10(12)2)13-6-5-11(18-3)9-14(13)16/h5-9,15,17H,4H2,1-3H3. The van der Waals surface area contributed by atoms with E-state index in [9.17, 15) is 4.39 Å². The SMILES string of the molecule is CCNC(c1ccc(OC)cc1F)c1ccoc1C. The van der Waals surface area contributed by atoms with Gasteiger partial charge in [0, 0.05) is 17.2 Å². The van der Waals surface area contributed by atoms with Crippen molar-refractivity contribution < 1.29 is 13.5 Å². The average molecular weight is 263 g/mol. The molecule has 0 aliphatic carbocycles. The summed E-state index contributed by atoms with van der Waals surface area (Å²) in [6.07, 6.45) is 1.62. The Morgan fingerprint density at radius 1 is 1.32 bits per heavy atom. The van der Waals surface area contributed by atoms with E-state index in [0.717, 1.165) is 17.9 Å². The largest absolute Gasteiger partial charge is 0.497 e. The van der Waals surface area contributed by atoms with Crippen LogP contribution in [0.2, 0.25) is 0 Å². The third-order valence-corrected chi connectivity index (χ3v) is 3.14. The molecule has 0 amide bonds. The van der Waals surface area contributed by atoms with Crippen molar-refractivity contribution in [2.75, 3.05) is 13.7 Å². The van der Waals surface area contributed by atoms with E-state index in [-0.39, 0.29) is 11.9 Å². The van der Waals surface area contributed by atoms with Gasteiger partial charge in [-0.1, -0.05) is 13.0 Å². The minimum atomic E-state index is -0.286. The molecular formula is C15H18FNO2. The number of halogens is 1. The molecule has 2 rings (SSSR count). The predicted molar refractivity (Wildman–Crippen MR) is 71.9 cm³/mol. The first-order valence-corrected chi connectivity index (χ1v) is 6.28. The number of rotatable bonds is 5. The molecule has 1 N–H and O–H groups in total. The van der Waals surface area contributed by atoms with Gasteiger partial charge in [-0.15, -0.1) is 0 Å². The maximum absolute atomic E-state index is 14.2. The molecule has 0 saturated carbocycles. The molecule has 0 bridgehead atoms. The summed E-state index contributed by atoms with van der Waals surface area (Å²) in [5, 5.41) is 3.28. The highest BCUT2D eigenvalue weighted by Gasteiger charge is 2.20. The number of aryl methyl sites for hydroxylation is 1. The van der Waals surface area contributed by atoms with Crippen molar-refractivity contribution in [3.8, 4) is 5.75 Å². The van der Waals surface area contributed by atoms with Crippen LogP contribution in [-0.4, -0.2) is 13.7 Å². The molecule has 4 heteroatoms. The second-order valence-electron chi connectivity index (χ2n) is 4.31. The van der Waals surface area contributed by atoms with Gasteiger partial charge in [-0.2, -0.15) is 0 Å². The van der Waals surface area contributed by atoms with E-state index >= 15 is 0 Å². The van der Waals surface area contributed by atoms with Gasteiger partial charge in [0.25, 0.3) is 0 Å². The molecule has 19 heavy (non-hydrogen) atoms. The van der Waals surface area contributed by atoms with Gasteiger partial charge in [0.05, 0.1) is 19.4 Å². The van der Waals surface area contributed by atoms with Crippen molar-refractivity contribution in [2.45, 2.75) is 19.9 Å². The van der Waals surface area contributed by atoms with E-state index in [2.05, 4.69) is 5.32 Å². The van der Waals surface area contributed by atoms with Crippen molar-refractivity contribution in [3.05, 3.63) is 53.2 Å². The fraction of sp³-hybridized carbons (Fsp3) is 0.333. The monoisotopic (exact) mass is 263 g/mol. The zero-order valence-electron chi connectivity index (χ0n) is 11.4. The molecule has 0 fully saturated rings. The number of benzene rings is 1. The minimum Gasteiger partial charge on any atom is -0.497 e. The average Bonchev–Trinajstić information content (AvgIpc) is 2.82. The highest BCUT2D eigenvalue weighted by atomic mass is 19.1. The summed E-state index contributed by atoms with van der Waals surface area (Å²) in [5.41, 5.74) is 1.54. The Morgan fingerprint density at radius 2 is 2.11 bits per heavy atom. The fourth-order valence-electron chi connectivity index (χ4n) is 2.15. The zero-order chi connectivity index (χ0) is 13.8. The van der Waals surface area contributed by atoms with E-state index in [1.54, 1.807) is 18.4 Å². The van der Waals surface area contributed by atoms with E-state index in [0.29, 0.717) is 11.3 Å². The Bertz CT molecular complexity index is 551. The van der Waals surface area contributed by atoms with Crippen molar-refractivity contribution in [1.29, 1.82) is 0 Å². The van der Waals surface area contributed by atoms with E-state index in [1.807, 2.05) is 19.9 Å². The molecule has 2 aromatic rings. The number of hydrogen-bond acceptors (Lipinski definition) is 3. The highest BCUT2D eigenvalue weighted by molar-refractivity contribution is 5.37. The summed E-state index contributed by atoms with van der Waals surface area (Å²) in [6.45, 7) is 4.60. The molecule has 1 heterocycles. The number of furan rings is 1. The first kappa shape index (κ1) is 13.6. The van der Waals surface area contributed by atoms with Gasteiger partial charge in [0.2, 0.25) is 0 Å². The highest BCUT2D eigenvalue weighted by Crippen LogP contribution is 2.29. The van der Waals surface area contributed by atoms with Crippen molar-refractivity contribution >= 4 is 0 Å². The summed E-state index contributed by atoms with van der Waals surface area (Å²) in [5.74, 6) is 1.02. The number of hydrogen-bond donors (Lipinski definition) is 1. The molecule has 1 unspecified atom stereocenters.